The molecule has 0 saturated heterocycles. The summed E-state index contributed by atoms with van der Waals surface area (Å²) in [5, 5.41) is 29.6. The van der Waals surface area contributed by atoms with Crippen molar-refractivity contribution < 1.29 is 8.83 Å². The van der Waals surface area contributed by atoms with Gasteiger partial charge in [0.15, 0.2) is 5.58 Å². The Bertz CT molecular complexity index is 11100. The van der Waals surface area contributed by atoms with Gasteiger partial charge in [-0.05, 0) is 244 Å². The smallest absolute Gasteiger partial charge is 0.160 e. The first-order valence-electron chi connectivity index (χ1n) is 50.3. The maximum Gasteiger partial charge on any atom is 0.160 e. The number of nitrogens with zero attached hydrogens (tertiary/aromatic N) is 6. The van der Waals surface area contributed by atoms with Crippen LogP contribution in [0.1, 0.15) is 0 Å². The molecule has 0 bridgehead atoms. The van der Waals surface area contributed by atoms with E-state index in [1.54, 1.807) is 0 Å². The quantitative estimate of drug-likeness (QED) is 0.145. The molecule has 24 aromatic carbocycles. The highest BCUT2D eigenvalue weighted by atomic mass is 32.1. The predicted molar refractivity (Wildman–Crippen MR) is 622 cm³/mol. The summed E-state index contributed by atoms with van der Waals surface area (Å²) in [4.78, 5) is 0. The van der Waals surface area contributed by atoms with Crippen LogP contribution in [0.4, 0.5) is 0 Å². The lowest BCUT2D eigenvalue weighted by Crippen LogP contribution is -1.95. The number of para-hydroxylation sites is 8. The van der Waals surface area contributed by atoms with Crippen LogP contribution < -0.4 is 0 Å². The van der Waals surface area contributed by atoms with E-state index >= 15 is 0 Å². The van der Waals surface area contributed by atoms with Gasteiger partial charge in [0.2, 0.25) is 0 Å². The SMILES string of the molecule is c1ccc(-n2c3ccc(-c4ccc5c(c4)c4ccccc4n5-c4cccc5ccccc45)cc3c3cc4c(cc32)sc2ccccc24)cc1.c1ccc(-n2c3ccc(-c4ccc5c(c4)c4ccccc4n5-c4cccc5ccccc45)cc3c3ccc4c5ccccc5oc4c32)cc1.c1ccc(-n2c3ccc(-c4ccc5c(c4)c4ccccc4n5-c4cccc5ccccc45)cc3c3ccc4oc5ccccc5c4c32)cc1. The van der Waals surface area contributed by atoms with Crippen molar-refractivity contribution in [2.24, 2.45) is 0 Å². The fraction of sp³-hybridized carbons (Fsp3) is 0. The van der Waals surface area contributed by atoms with Crippen LogP contribution in [0.2, 0.25) is 0 Å². The number of hydrogen-bond donors (Lipinski definition) is 0. The minimum Gasteiger partial charge on any atom is -0.456 e. The van der Waals surface area contributed by atoms with Crippen LogP contribution in [-0.2, 0) is 0 Å². The predicted octanol–water partition coefficient (Wildman–Crippen LogP) is 38.3. The second kappa shape index (κ2) is 32.6. The molecule has 9 aromatic heterocycles. The summed E-state index contributed by atoms with van der Waals surface area (Å²) in [7, 11) is 0. The topological polar surface area (TPSA) is 55.9 Å². The first-order valence-corrected chi connectivity index (χ1v) is 51.1. The van der Waals surface area contributed by atoms with Crippen molar-refractivity contribution >= 4 is 239 Å². The van der Waals surface area contributed by atoms with Crippen molar-refractivity contribution in [1.82, 2.24) is 27.4 Å². The van der Waals surface area contributed by atoms with Crippen molar-refractivity contribution in [3.8, 4) is 67.5 Å². The molecule has 33 rings (SSSR count). The number of aromatic nitrogens is 6. The number of furan rings is 2. The Morgan fingerprint density at radius 2 is 0.463 bits per heavy atom. The first-order chi connectivity index (χ1) is 72.9. The summed E-state index contributed by atoms with van der Waals surface area (Å²) >= 11 is 1.88. The Morgan fingerprint density at radius 1 is 0.150 bits per heavy atom. The number of hydrogen-bond acceptors (Lipinski definition) is 3. The van der Waals surface area contributed by atoms with E-state index in [-0.39, 0.29) is 0 Å². The Kier molecular flexibility index (Phi) is 18.3. The fourth-order valence-corrected chi connectivity index (χ4v) is 25.5. The minimum atomic E-state index is 0.905. The fourth-order valence-electron chi connectivity index (χ4n) is 24.4. The summed E-state index contributed by atoms with van der Waals surface area (Å²) in [6, 6.07) is 185. The van der Waals surface area contributed by atoms with Gasteiger partial charge >= 0.3 is 0 Å². The Hall–Kier alpha value is -19.3. The van der Waals surface area contributed by atoms with Gasteiger partial charge < -0.3 is 36.2 Å². The minimum absolute atomic E-state index is 0.905. The zero-order chi connectivity index (χ0) is 96.2. The van der Waals surface area contributed by atoms with E-state index in [0.717, 1.165) is 66.3 Å². The summed E-state index contributed by atoms with van der Waals surface area (Å²) in [5.74, 6) is 0. The van der Waals surface area contributed by atoms with E-state index in [0.29, 0.717) is 0 Å². The van der Waals surface area contributed by atoms with Gasteiger partial charge in [0.1, 0.15) is 16.7 Å². The van der Waals surface area contributed by atoms with Crippen LogP contribution in [0.25, 0.3) is 295 Å². The molecule has 9 heteroatoms. The van der Waals surface area contributed by atoms with Crippen LogP contribution in [0.5, 0.6) is 0 Å². The van der Waals surface area contributed by atoms with Gasteiger partial charge in [0, 0.05) is 134 Å². The highest BCUT2D eigenvalue weighted by Gasteiger charge is 2.27. The Labute approximate surface area is 845 Å². The van der Waals surface area contributed by atoms with E-state index in [1.807, 2.05) is 23.5 Å². The highest BCUT2D eigenvalue weighted by molar-refractivity contribution is 7.25. The van der Waals surface area contributed by atoms with Crippen LogP contribution >= 0.6 is 11.3 Å². The monoisotopic (exact) mass is 1890 g/mol. The molecular formula is C138H84N6O2S. The van der Waals surface area contributed by atoms with Crippen molar-refractivity contribution in [1.29, 1.82) is 0 Å². The molecular weight excluding hydrogens is 1810 g/mol. The third-order valence-electron chi connectivity index (χ3n) is 30.9. The van der Waals surface area contributed by atoms with Gasteiger partial charge in [-0.25, -0.2) is 0 Å². The molecule has 147 heavy (non-hydrogen) atoms. The summed E-state index contributed by atoms with van der Waals surface area (Å²) in [6.07, 6.45) is 0. The maximum absolute atomic E-state index is 6.60. The lowest BCUT2D eigenvalue weighted by atomic mass is 10.00. The highest BCUT2D eigenvalue weighted by Crippen LogP contribution is 2.50. The molecule has 0 atom stereocenters. The van der Waals surface area contributed by atoms with Crippen LogP contribution in [0.15, 0.2) is 518 Å². The molecule has 0 radical (unpaired) electrons. The van der Waals surface area contributed by atoms with Gasteiger partial charge in [-0.1, -0.05) is 315 Å². The Morgan fingerprint density at radius 3 is 0.925 bits per heavy atom. The maximum atomic E-state index is 6.60. The molecule has 0 fully saturated rings. The molecule has 33 aromatic rings. The van der Waals surface area contributed by atoms with E-state index in [4.69, 9.17) is 8.83 Å². The molecule has 0 amide bonds. The normalized spacial score (nSPS) is 12.1. The third kappa shape index (κ3) is 12.7. The van der Waals surface area contributed by atoms with Crippen LogP contribution in [0.3, 0.4) is 0 Å². The molecule has 0 aliphatic heterocycles. The first kappa shape index (κ1) is 82.4. The van der Waals surface area contributed by atoms with E-state index in [2.05, 4.69) is 525 Å². The molecule has 0 aliphatic carbocycles. The van der Waals surface area contributed by atoms with Gasteiger partial charge in [-0.15, -0.1) is 11.3 Å². The Balaban J connectivity index is 0.0000000999. The molecule has 0 unspecified atom stereocenters. The van der Waals surface area contributed by atoms with E-state index in [1.165, 1.54) is 228 Å². The van der Waals surface area contributed by atoms with E-state index < -0.39 is 0 Å². The van der Waals surface area contributed by atoms with Crippen molar-refractivity contribution in [3.63, 3.8) is 0 Å². The average Bonchev–Trinajstić information content (AvgIpc) is 1.54. The molecule has 0 aliphatic rings. The zero-order valence-electron chi connectivity index (χ0n) is 79.4. The summed E-state index contributed by atoms with van der Waals surface area (Å²) in [5.41, 5.74) is 32.2. The summed E-state index contributed by atoms with van der Waals surface area (Å²) in [6.45, 7) is 0. The lowest BCUT2D eigenvalue weighted by Gasteiger charge is -2.12. The zero-order valence-corrected chi connectivity index (χ0v) is 80.2. The van der Waals surface area contributed by atoms with Crippen molar-refractivity contribution in [3.05, 3.63) is 510 Å². The molecule has 0 saturated carbocycles. The second-order valence-electron chi connectivity index (χ2n) is 38.8. The number of benzene rings is 24. The third-order valence-corrected chi connectivity index (χ3v) is 32.0. The van der Waals surface area contributed by atoms with Gasteiger partial charge in [-0.3, -0.25) is 0 Å². The van der Waals surface area contributed by atoms with Crippen LogP contribution in [0, 0.1) is 0 Å². The molecule has 9 heterocycles. The van der Waals surface area contributed by atoms with Crippen molar-refractivity contribution in [2.75, 3.05) is 0 Å². The summed E-state index contributed by atoms with van der Waals surface area (Å²) < 4.78 is 30.1. The number of fused-ring (bicyclic) bond motifs is 32. The molecule has 0 spiro atoms. The number of thiophene rings is 1. The lowest BCUT2D eigenvalue weighted by molar-refractivity contribution is 0.669. The van der Waals surface area contributed by atoms with Crippen molar-refractivity contribution in [2.45, 2.75) is 0 Å². The molecule has 684 valence electrons. The molecule has 8 nitrogen and oxygen atoms in total. The number of rotatable bonds is 9. The standard InChI is InChI=1S/2C46H28N2O.C46H28N2S/c1-2-13-32(14-3-1)47-42-25-21-31(28-39(42)36-23-24-37-35-17-7-9-20-44(35)49-46(37)45(36)47)30-22-26-43-38(27-30)34-16-6-8-18-41(34)48(43)40-19-10-12-29-11-4-5-15-33(29)40;1-2-13-32(14-3-1)47-41-24-21-31(28-38(41)35-23-26-44-45(46(35)47)36-17-7-9-20-43(36)49-44)30-22-25-42-37(27-30)34-16-6-8-18-40(34)48(42)39-19-10-12-29-11-4-5-15-33(29)39;1-2-13-32(14-3-1)47-42-23-21-31(26-37(42)38-27-39-35-17-7-9-20-45(35)49-46(39)28-44(38)47)30-22-24-43-36(25-30)34-16-6-8-18-41(34)48(43)40-19-10-12-29-11-4-5-15-33(29)40/h3*1-28H. The molecule has 0 N–H and O–H groups in total. The van der Waals surface area contributed by atoms with Gasteiger partial charge in [0.05, 0.1) is 88.6 Å². The van der Waals surface area contributed by atoms with Gasteiger partial charge in [-0.2, -0.15) is 0 Å². The van der Waals surface area contributed by atoms with Gasteiger partial charge in [0.25, 0.3) is 0 Å². The second-order valence-corrected chi connectivity index (χ2v) is 39.9. The van der Waals surface area contributed by atoms with E-state index in [9.17, 15) is 0 Å². The average molecular weight is 1890 g/mol. The van der Waals surface area contributed by atoms with Crippen LogP contribution in [-0.4, -0.2) is 27.4 Å². The largest absolute Gasteiger partial charge is 0.456 e.